The largest absolute Gasteiger partial charge is 0.489 e. The van der Waals surface area contributed by atoms with Crippen LogP contribution in [0.1, 0.15) is 46.3 Å². The first-order valence-corrected chi connectivity index (χ1v) is 11.6. The normalized spacial score (nSPS) is 22.3. The summed E-state index contributed by atoms with van der Waals surface area (Å²) in [5.41, 5.74) is 6.27. The van der Waals surface area contributed by atoms with E-state index in [0.717, 1.165) is 16.7 Å². The van der Waals surface area contributed by atoms with Gasteiger partial charge in [-0.2, -0.15) is 0 Å². The zero-order valence-corrected chi connectivity index (χ0v) is 19.0. The van der Waals surface area contributed by atoms with Gasteiger partial charge >= 0.3 is 5.97 Å². The molecular formula is C25H26N4O6. The van der Waals surface area contributed by atoms with Crippen molar-refractivity contribution in [1.82, 2.24) is 20.7 Å². The monoisotopic (exact) mass is 478 g/mol. The maximum atomic E-state index is 13.0. The lowest BCUT2D eigenvalue weighted by molar-refractivity contribution is -0.143. The van der Waals surface area contributed by atoms with E-state index in [1.54, 1.807) is 23.2 Å². The van der Waals surface area contributed by atoms with Crippen molar-refractivity contribution in [2.24, 2.45) is 0 Å². The summed E-state index contributed by atoms with van der Waals surface area (Å²) < 4.78 is 6.05. The van der Waals surface area contributed by atoms with Gasteiger partial charge < -0.3 is 14.7 Å². The molecule has 3 aliphatic rings. The average molecular weight is 479 g/mol. The van der Waals surface area contributed by atoms with Crippen molar-refractivity contribution in [3.8, 4) is 5.75 Å². The van der Waals surface area contributed by atoms with Crippen LogP contribution in [0.25, 0.3) is 0 Å². The lowest BCUT2D eigenvalue weighted by Gasteiger charge is -2.29. The zero-order chi connectivity index (χ0) is 24.5. The molecule has 2 saturated heterocycles. The van der Waals surface area contributed by atoms with Crippen LogP contribution in [-0.4, -0.2) is 57.3 Å². The fourth-order valence-electron chi connectivity index (χ4n) is 4.82. The first kappa shape index (κ1) is 23.0. The van der Waals surface area contributed by atoms with E-state index in [-0.39, 0.29) is 24.8 Å². The van der Waals surface area contributed by atoms with Gasteiger partial charge in [-0.1, -0.05) is 30.3 Å². The summed E-state index contributed by atoms with van der Waals surface area (Å²) >= 11 is 0. The van der Waals surface area contributed by atoms with Gasteiger partial charge in [0.2, 0.25) is 11.8 Å². The number of ether oxygens (including phenoxy) is 1. The fraction of sp³-hybridized carbons (Fsp3) is 0.360. The maximum Gasteiger partial charge on any atom is 0.322 e. The minimum absolute atomic E-state index is 0.209. The Morgan fingerprint density at radius 3 is 2.57 bits per heavy atom. The number of benzene rings is 2. The molecule has 0 aliphatic carbocycles. The van der Waals surface area contributed by atoms with Crippen LogP contribution in [0.5, 0.6) is 5.75 Å². The maximum absolute atomic E-state index is 13.0. The van der Waals surface area contributed by atoms with Crippen LogP contribution < -0.4 is 15.5 Å². The predicted octanol–water partition coefficient (Wildman–Crippen LogP) is 1.19. The molecule has 5 rings (SSSR count). The number of rotatable bonds is 7. The van der Waals surface area contributed by atoms with E-state index >= 15 is 0 Å². The highest BCUT2D eigenvalue weighted by molar-refractivity contribution is 6.05. The topological polar surface area (TPSA) is 128 Å². The molecule has 0 radical (unpaired) electrons. The molecule has 10 nitrogen and oxygen atoms in total. The number of fused-ring (bicyclic) bond motifs is 1. The number of imide groups is 1. The number of nitrogens with one attached hydrogen (secondary N) is 2. The number of carbonyl (C=O) groups is 4. The smallest absolute Gasteiger partial charge is 0.322 e. The molecule has 35 heavy (non-hydrogen) atoms. The molecule has 0 saturated carbocycles. The number of carboxylic acids is 1. The minimum atomic E-state index is -0.829. The summed E-state index contributed by atoms with van der Waals surface area (Å²) in [5, 5.41) is 13.4. The molecule has 0 aromatic heterocycles. The molecule has 2 fully saturated rings. The van der Waals surface area contributed by atoms with E-state index < -0.39 is 24.0 Å². The SMILES string of the molecule is O=C1CCC(N2Cc3c(OCc4ccc(CN5NCC[C@@H]5C(=O)O)cc4)cccc3C2=O)C(=O)N1. The number of aliphatic carboxylic acids is 1. The van der Waals surface area contributed by atoms with Crippen LogP contribution in [-0.2, 0) is 34.1 Å². The van der Waals surface area contributed by atoms with E-state index in [2.05, 4.69) is 10.7 Å². The summed E-state index contributed by atoms with van der Waals surface area (Å²) in [4.78, 5) is 49.6. The van der Waals surface area contributed by atoms with E-state index in [9.17, 15) is 24.3 Å². The van der Waals surface area contributed by atoms with E-state index in [4.69, 9.17) is 4.74 Å². The van der Waals surface area contributed by atoms with E-state index in [0.29, 0.717) is 43.9 Å². The molecule has 2 atom stereocenters. The molecule has 3 heterocycles. The molecule has 3 N–H and O–H groups in total. The number of hydrazine groups is 1. The van der Waals surface area contributed by atoms with Crippen molar-refractivity contribution in [2.75, 3.05) is 6.54 Å². The number of nitrogens with zero attached hydrogens (tertiary/aromatic N) is 2. The Balaban J connectivity index is 1.23. The van der Waals surface area contributed by atoms with Gasteiger partial charge in [0.15, 0.2) is 0 Å². The average Bonchev–Trinajstić information content (AvgIpc) is 3.44. The van der Waals surface area contributed by atoms with Crippen LogP contribution >= 0.6 is 0 Å². The third-order valence-electron chi connectivity index (χ3n) is 6.70. The van der Waals surface area contributed by atoms with E-state index in [1.807, 2.05) is 24.3 Å². The molecule has 2 aromatic carbocycles. The van der Waals surface area contributed by atoms with Crippen LogP contribution in [0.4, 0.5) is 0 Å². The predicted molar refractivity (Wildman–Crippen MR) is 123 cm³/mol. The zero-order valence-electron chi connectivity index (χ0n) is 19.0. The lowest BCUT2D eigenvalue weighted by Crippen LogP contribution is -2.52. The summed E-state index contributed by atoms with van der Waals surface area (Å²) in [7, 11) is 0. The number of piperidine rings is 1. The molecule has 3 amide bonds. The molecule has 10 heteroatoms. The first-order valence-electron chi connectivity index (χ1n) is 11.6. The Morgan fingerprint density at radius 2 is 1.83 bits per heavy atom. The van der Waals surface area contributed by atoms with Crippen molar-refractivity contribution in [2.45, 2.75) is 51.0 Å². The molecule has 0 bridgehead atoms. The second-order valence-electron chi connectivity index (χ2n) is 8.97. The Hall–Kier alpha value is -3.76. The number of hydrogen-bond acceptors (Lipinski definition) is 7. The van der Waals surface area contributed by atoms with Gasteiger partial charge in [0, 0.05) is 30.6 Å². The Bertz CT molecular complexity index is 1180. The minimum Gasteiger partial charge on any atom is -0.489 e. The van der Waals surface area contributed by atoms with Gasteiger partial charge in [0.05, 0.1) is 6.54 Å². The highest BCUT2D eigenvalue weighted by atomic mass is 16.5. The molecule has 1 unspecified atom stereocenters. The molecule has 3 aliphatic heterocycles. The Morgan fingerprint density at radius 1 is 1.06 bits per heavy atom. The summed E-state index contributed by atoms with van der Waals surface area (Å²) in [5.74, 6) is -1.24. The third kappa shape index (κ3) is 4.62. The number of carbonyl (C=O) groups excluding carboxylic acids is 3. The van der Waals surface area contributed by atoms with Gasteiger partial charge in [0.1, 0.15) is 24.4 Å². The summed E-state index contributed by atoms with van der Waals surface area (Å²) in [6, 6.07) is 11.9. The highest BCUT2D eigenvalue weighted by Crippen LogP contribution is 2.34. The van der Waals surface area contributed by atoms with Crippen LogP contribution in [0.3, 0.4) is 0 Å². The Labute approximate surface area is 201 Å². The van der Waals surface area contributed by atoms with Gasteiger partial charge in [-0.05, 0) is 36.1 Å². The number of hydrogen-bond donors (Lipinski definition) is 3. The summed E-state index contributed by atoms with van der Waals surface area (Å²) in [6.45, 7) is 1.68. The molecular weight excluding hydrogens is 452 g/mol. The van der Waals surface area contributed by atoms with Crippen molar-refractivity contribution in [3.05, 3.63) is 64.7 Å². The lowest BCUT2D eigenvalue weighted by atomic mass is 10.0. The molecule has 0 spiro atoms. The van der Waals surface area contributed by atoms with Crippen molar-refractivity contribution in [1.29, 1.82) is 0 Å². The number of amides is 3. The molecule has 182 valence electrons. The third-order valence-corrected chi connectivity index (χ3v) is 6.70. The van der Waals surface area contributed by atoms with Crippen molar-refractivity contribution >= 4 is 23.7 Å². The van der Waals surface area contributed by atoms with Gasteiger partial charge in [-0.3, -0.25) is 29.9 Å². The Kier molecular flexibility index (Phi) is 6.23. The standard InChI is InChI=1S/C25H26N4O6/c30-22-9-8-19(23(31)27-22)28-13-18-17(24(28)32)2-1-3-21(18)35-14-16-6-4-15(5-7-16)12-29-20(25(33)34)10-11-26-29/h1-7,19-20,26H,8-14H2,(H,33,34)(H,27,30,31)/t19?,20-/m1/s1. The van der Waals surface area contributed by atoms with Crippen LogP contribution in [0.2, 0.25) is 0 Å². The molecule has 2 aromatic rings. The van der Waals surface area contributed by atoms with Crippen LogP contribution in [0, 0.1) is 0 Å². The van der Waals surface area contributed by atoms with Crippen molar-refractivity contribution in [3.63, 3.8) is 0 Å². The van der Waals surface area contributed by atoms with Crippen molar-refractivity contribution < 1.29 is 29.0 Å². The second-order valence-corrected chi connectivity index (χ2v) is 8.97. The number of carboxylic acid groups (broad SMARTS) is 1. The van der Waals surface area contributed by atoms with E-state index in [1.165, 1.54) is 4.90 Å². The first-order chi connectivity index (χ1) is 16.9. The summed E-state index contributed by atoms with van der Waals surface area (Å²) in [6.07, 6.45) is 1.10. The van der Waals surface area contributed by atoms with Gasteiger partial charge in [0.25, 0.3) is 5.91 Å². The van der Waals surface area contributed by atoms with Crippen LogP contribution in [0.15, 0.2) is 42.5 Å². The highest BCUT2D eigenvalue weighted by Gasteiger charge is 2.40. The van der Waals surface area contributed by atoms with Gasteiger partial charge in [-0.15, -0.1) is 0 Å². The fourth-order valence-corrected chi connectivity index (χ4v) is 4.82. The van der Waals surface area contributed by atoms with Gasteiger partial charge in [-0.25, -0.2) is 5.01 Å². The second kappa shape index (κ2) is 9.47. The quantitative estimate of drug-likeness (QED) is 0.507.